The first-order chi connectivity index (χ1) is 10.1. The van der Waals surface area contributed by atoms with Gasteiger partial charge in [-0.15, -0.1) is 0 Å². The van der Waals surface area contributed by atoms with Gasteiger partial charge in [-0.2, -0.15) is 0 Å². The molecular weight excluding hydrogens is 272 g/mol. The van der Waals surface area contributed by atoms with E-state index in [-0.39, 0.29) is 0 Å². The van der Waals surface area contributed by atoms with E-state index < -0.39 is 8.07 Å². The van der Waals surface area contributed by atoms with Crippen molar-refractivity contribution in [2.45, 2.75) is 96.4 Å². The summed E-state index contributed by atoms with van der Waals surface area (Å²) < 4.78 is 2.27. The molecule has 0 atom stereocenters. The maximum absolute atomic E-state index is 4.15. The molecule has 2 nitrogen and oxygen atoms in total. The van der Waals surface area contributed by atoms with Crippen molar-refractivity contribution in [3.8, 4) is 0 Å². The highest BCUT2D eigenvalue weighted by Gasteiger charge is 2.20. The van der Waals surface area contributed by atoms with E-state index in [9.17, 15) is 0 Å². The van der Waals surface area contributed by atoms with Gasteiger partial charge in [0, 0.05) is 18.6 Å². The lowest BCUT2D eigenvalue weighted by Gasteiger charge is -2.22. The molecular formula is C18H36N2Si. The van der Waals surface area contributed by atoms with E-state index in [0.717, 1.165) is 0 Å². The third-order valence-corrected chi connectivity index (χ3v) is 7.31. The number of unbranched alkanes of at least 4 members (excludes halogenated alkanes) is 9. The molecule has 0 aliphatic rings. The first-order valence-electron chi connectivity index (χ1n) is 9.10. The van der Waals surface area contributed by atoms with Crippen LogP contribution in [-0.2, 0) is 6.17 Å². The third-order valence-electron chi connectivity index (χ3n) is 4.38. The average Bonchev–Trinajstić information content (AvgIpc) is 2.93. The highest BCUT2D eigenvalue weighted by Crippen LogP contribution is 2.18. The Morgan fingerprint density at radius 3 is 1.95 bits per heavy atom. The standard InChI is InChI=1S/C18H36N2Si/c1-4-5-6-7-8-9-10-11-12-13-16-21(2,3)18-20-15-14-19-17-20/h14-15,17H,4-13,16,18H2,1-3H3. The number of hydrogen-bond donors (Lipinski definition) is 0. The van der Waals surface area contributed by atoms with Crippen LogP contribution in [-0.4, -0.2) is 17.6 Å². The van der Waals surface area contributed by atoms with Gasteiger partial charge in [0.25, 0.3) is 0 Å². The van der Waals surface area contributed by atoms with E-state index in [0.29, 0.717) is 0 Å². The molecule has 0 spiro atoms. The van der Waals surface area contributed by atoms with E-state index in [1.807, 2.05) is 12.5 Å². The molecule has 21 heavy (non-hydrogen) atoms. The number of aromatic nitrogens is 2. The molecule has 0 saturated carbocycles. The minimum Gasteiger partial charge on any atom is -0.340 e. The normalized spacial score (nSPS) is 12.0. The van der Waals surface area contributed by atoms with Crippen molar-refractivity contribution in [3.05, 3.63) is 18.7 Å². The largest absolute Gasteiger partial charge is 0.340 e. The van der Waals surface area contributed by atoms with Crippen molar-refractivity contribution in [2.75, 3.05) is 0 Å². The van der Waals surface area contributed by atoms with Gasteiger partial charge < -0.3 is 4.57 Å². The van der Waals surface area contributed by atoms with E-state index in [1.54, 1.807) is 0 Å². The molecule has 0 radical (unpaired) electrons. The summed E-state index contributed by atoms with van der Waals surface area (Å²) in [6, 6.07) is 1.46. The lowest BCUT2D eigenvalue weighted by atomic mass is 10.1. The van der Waals surface area contributed by atoms with Gasteiger partial charge in [0.05, 0.1) is 14.4 Å². The summed E-state index contributed by atoms with van der Waals surface area (Å²) in [5, 5.41) is 0. The molecule has 0 N–H and O–H groups in total. The summed E-state index contributed by atoms with van der Waals surface area (Å²) in [6.07, 6.45) is 21.6. The number of nitrogens with zero attached hydrogens (tertiary/aromatic N) is 2. The Morgan fingerprint density at radius 1 is 0.857 bits per heavy atom. The SMILES string of the molecule is CCCCCCCCCCCC[Si](C)(C)Cn1ccnc1. The van der Waals surface area contributed by atoms with Gasteiger partial charge in [0.1, 0.15) is 0 Å². The summed E-state index contributed by atoms with van der Waals surface area (Å²) >= 11 is 0. The fourth-order valence-corrected chi connectivity index (χ4v) is 5.59. The van der Waals surface area contributed by atoms with Crippen LogP contribution in [0.15, 0.2) is 18.7 Å². The molecule has 0 aliphatic heterocycles. The minimum absolute atomic E-state index is 1.08. The lowest BCUT2D eigenvalue weighted by Crippen LogP contribution is -2.31. The van der Waals surface area contributed by atoms with Crippen LogP contribution in [0.4, 0.5) is 0 Å². The first kappa shape index (κ1) is 18.5. The Labute approximate surface area is 133 Å². The van der Waals surface area contributed by atoms with Crippen molar-refractivity contribution in [1.29, 1.82) is 0 Å². The van der Waals surface area contributed by atoms with E-state index >= 15 is 0 Å². The molecule has 0 unspecified atom stereocenters. The minimum atomic E-state index is -1.08. The summed E-state index contributed by atoms with van der Waals surface area (Å²) in [5.74, 6) is 0. The Kier molecular flexibility index (Phi) is 9.73. The second-order valence-corrected chi connectivity index (χ2v) is 12.5. The highest BCUT2D eigenvalue weighted by atomic mass is 28.3. The molecule has 0 amide bonds. The second kappa shape index (κ2) is 11.1. The van der Waals surface area contributed by atoms with Crippen LogP contribution in [0.2, 0.25) is 19.1 Å². The second-order valence-electron chi connectivity index (χ2n) is 7.33. The molecule has 122 valence electrons. The fourth-order valence-electron chi connectivity index (χ4n) is 3.04. The van der Waals surface area contributed by atoms with E-state index in [1.165, 1.54) is 76.4 Å². The molecule has 0 fully saturated rings. The predicted molar refractivity (Wildman–Crippen MR) is 96.4 cm³/mol. The van der Waals surface area contributed by atoms with Gasteiger partial charge in [-0.1, -0.05) is 90.3 Å². The van der Waals surface area contributed by atoms with Gasteiger partial charge >= 0.3 is 0 Å². The Hall–Kier alpha value is -0.573. The number of rotatable bonds is 13. The molecule has 0 aliphatic carbocycles. The van der Waals surface area contributed by atoms with Crippen LogP contribution < -0.4 is 0 Å². The highest BCUT2D eigenvalue weighted by molar-refractivity contribution is 6.76. The van der Waals surface area contributed by atoms with Crippen molar-refractivity contribution in [2.24, 2.45) is 0 Å². The van der Waals surface area contributed by atoms with Gasteiger partial charge in [0.15, 0.2) is 0 Å². The zero-order chi connectivity index (χ0) is 15.4. The van der Waals surface area contributed by atoms with Crippen LogP contribution in [0, 0.1) is 0 Å². The monoisotopic (exact) mass is 308 g/mol. The smallest absolute Gasteiger partial charge is 0.0943 e. The molecule has 0 aromatic carbocycles. The van der Waals surface area contributed by atoms with Crippen LogP contribution in [0.3, 0.4) is 0 Å². The molecule has 1 aromatic heterocycles. The van der Waals surface area contributed by atoms with Crippen molar-refractivity contribution < 1.29 is 0 Å². The first-order valence-corrected chi connectivity index (χ1v) is 12.5. The van der Waals surface area contributed by atoms with Gasteiger partial charge in [0.2, 0.25) is 0 Å². The van der Waals surface area contributed by atoms with Crippen molar-refractivity contribution in [1.82, 2.24) is 9.55 Å². The Morgan fingerprint density at radius 2 is 1.43 bits per heavy atom. The molecule has 1 rings (SSSR count). The maximum Gasteiger partial charge on any atom is 0.0943 e. The molecule has 0 saturated heterocycles. The zero-order valence-electron chi connectivity index (χ0n) is 14.6. The van der Waals surface area contributed by atoms with Crippen LogP contribution in [0.25, 0.3) is 0 Å². The number of imidazole rings is 1. The zero-order valence-corrected chi connectivity index (χ0v) is 15.6. The van der Waals surface area contributed by atoms with Crippen LogP contribution >= 0.6 is 0 Å². The van der Waals surface area contributed by atoms with Gasteiger partial charge in [-0.3, -0.25) is 0 Å². The number of hydrogen-bond acceptors (Lipinski definition) is 1. The Balaban J connectivity index is 1.93. The predicted octanol–water partition coefficient (Wildman–Crippen LogP) is 6.05. The van der Waals surface area contributed by atoms with Gasteiger partial charge in [-0.05, 0) is 0 Å². The Bertz CT molecular complexity index is 333. The summed E-state index contributed by atoms with van der Waals surface area (Å²) in [4.78, 5) is 4.15. The van der Waals surface area contributed by atoms with Crippen LogP contribution in [0.5, 0.6) is 0 Å². The topological polar surface area (TPSA) is 17.8 Å². The van der Waals surface area contributed by atoms with E-state index in [2.05, 4.69) is 35.8 Å². The molecule has 1 aromatic rings. The third kappa shape index (κ3) is 9.89. The molecule has 3 heteroatoms. The summed E-state index contributed by atoms with van der Waals surface area (Å²) in [6.45, 7) is 7.32. The molecule has 0 bridgehead atoms. The average molecular weight is 309 g/mol. The maximum atomic E-state index is 4.15. The van der Waals surface area contributed by atoms with Gasteiger partial charge in [-0.25, -0.2) is 4.98 Å². The van der Waals surface area contributed by atoms with Crippen molar-refractivity contribution in [3.63, 3.8) is 0 Å². The quantitative estimate of drug-likeness (QED) is 0.320. The van der Waals surface area contributed by atoms with Crippen LogP contribution in [0.1, 0.15) is 71.1 Å². The summed E-state index contributed by atoms with van der Waals surface area (Å²) in [5.41, 5.74) is 0. The fraction of sp³-hybridized carbons (Fsp3) is 0.833. The summed E-state index contributed by atoms with van der Waals surface area (Å²) in [7, 11) is -1.08. The lowest BCUT2D eigenvalue weighted by molar-refractivity contribution is 0.561. The van der Waals surface area contributed by atoms with Crippen molar-refractivity contribution >= 4 is 8.07 Å². The molecule has 1 heterocycles. The van der Waals surface area contributed by atoms with E-state index in [4.69, 9.17) is 0 Å².